The van der Waals surface area contributed by atoms with Gasteiger partial charge in [0.1, 0.15) is 5.97 Å². The fourth-order valence-corrected chi connectivity index (χ4v) is 9.09. The van der Waals surface area contributed by atoms with E-state index in [0.717, 1.165) is 43.3 Å². The lowest BCUT2D eigenvalue weighted by Gasteiger charge is -2.31. The average molecular weight is 992 g/mol. The van der Waals surface area contributed by atoms with Crippen LogP contribution in [0.15, 0.2) is 40.9 Å². The van der Waals surface area contributed by atoms with Gasteiger partial charge < -0.3 is 51.0 Å². The number of nitrogens with zero attached hydrogens (tertiary/aromatic N) is 4. The van der Waals surface area contributed by atoms with Crippen molar-refractivity contribution in [2.45, 2.75) is 96.3 Å². The van der Waals surface area contributed by atoms with Gasteiger partial charge in [-0.3, -0.25) is 19.2 Å². The number of imide groups is 1. The standard InChI is InChI=1S/C40H54BF2N5O10S2.C2HF3O2/c1-28-24-30(45-31(28)26-32-29(12-10-22-48(3,4)5)25-33(36-14-11-23-59-36)46(32)41(45,42)43)16-19-39(52)57-35(27-60(54,55)56)34(49)13-9-21-44(2)20-8-6-7-15-40(53)58-47-37(50)17-18-38(47)51;3-2(4,5)1(6)7/h11,14,23-26,35H,6-10,12-13,15-22,27H2,1-5H3;(H,6,7)/t35-;/m0./s1. The third kappa shape index (κ3) is 15.7. The Hall–Kier alpha value is -5.11. The molecule has 0 radical (unpaired) electrons. The van der Waals surface area contributed by atoms with E-state index in [4.69, 9.17) is 19.5 Å². The quantitative estimate of drug-likeness (QED) is 0.0322. The number of carboxylic acids is 1. The van der Waals surface area contributed by atoms with E-state index < -0.39 is 77.0 Å². The third-order valence-electron chi connectivity index (χ3n) is 11.0. The maximum absolute atomic E-state index is 16.9. The number of rotatable bonds is 23. The number of halogens is 5. The SMILES string of the molecule is Cc1cc(CCC(=O)O[C@@H](CS(=O)(=O)[O-])C(=O)CCC[NH+](C)CCCCCC(=O)ON2C(=O)CCC2=O)n2c1C=C1C(CCC[N+](C)(C)C)=CC(c3cccs3)=[N+]1[B-]2(F)F.O=C([O-])C(F)(F)F. The molecule has 0 aromatic carbocycles. The number of fused-ring (bicyclic) bond motifs is 2. The number of aromatic nitrogens is 1. The molecule has 0 saturated carbocycles. The summed E-state index contributed by atoms with van der Waals surface area (Å²) in [6, 6.07) is 5.22. The smallest absolute Gasteiger partial charge is 0.737 e. The maximum Gasteiger partial charge on any atom is 0.737 e. The molecule has 5 heterocycles. The molecule has 1 unspecified atom stereocenters. The number of unbranched alkanes of at least 4 members (excludes halogenated alkanes) is 2. The average Bonchev–Trinajstić information content (AvgIpc) is 4.00. The summed E-state index contributed by atoms with van der Waals surface area (Å²) < 4.78 is 109. The number of aryl methyl sites for hydroxylation is 2. The van der Waals surface area contributed by atoms with Crippen LogP contribution < -0.4 is 10.0 Å². The number of nitrogens with one attached hydrogen (secondary N) is 1. The number of thiophene rings is 1. The number of carbonyl (C=O) groups is 6. The number of carboxylic acid groups (broad SMARTS) is 1. The fourth-order valence-electron chi connectivity index (χ4n) is 7.73. The number of amides is 2. The van der Waals surface area contributed by atoms with Crippen LogP contribution in [0.4, 0.5) is 21.8 Å². The minimum absolute atomic E-state index is 0.0189. The highest BCUT2D eigenvalue weighted by Crippen LogP contribution is 2.40. The van der Waals surface area contributed by atoms with Gasteiger partial charge in [-0.2, -0.15) is 13.2 Å². The zero-order valence-electron chi connectivity index (χ0n) is 37.8. The second-order valence-corrected chi connectivity index (χ2v) is 20.0. The Balaban J connectivity index is 0.00000129. The molecule has 25 heteroatoms. The minimum atomic E-state index is -5.19. The summed E-state index contributed by atoms with van der Waals surface area (Å²) in [5, 5.41) is 11.1. The molecule has 17 nitrogen and oxygen atoms in total. The summed E-state index contributed by atoms with van der Waals surface area (Å²) in [6.07, 6.45) is -0.537. The number of ketones is 1. The number of hydrogen-bond acceptors (Lipinski definition) is 13. The van der Waals surface area contributed by atoms with Gasteiger partial charge in [0.15, 0.2) is 23.3 Å². The lowest BCUT2D eigenvalue weighted by atomic mass is 9.88. The van der Waals surface area contributed by atoms with Crippen molar-refractivity contribution in [1.82, 2.24) is 9.54 Å². The Morgan fingerprint density at radius 3 is 2.18 bits per heavy atom. The fraction of sp³-hybridized carbons (Fsp3) is 0.548. The highest BCUT2D eigenvalue weighted by atomic mass is 32.2. The molecule has 3 aliphatic rings. The predicted octanol–water partition coefficient (Wildman–Crippen LogP) is 2.08. The second kappa shape index (κ2) is 22.8. The van der Waals surface area contributed by atoms with Crippen molar-refractivity contribution in [3.8, 4) is 0 Å². The van der Waals surface area contributed by atoms with Crippen molar-refractivity contribution >= 4 is 75.7 Å². The van der Waals surface area contributed by atoms with E-state index in [1.54, 1.807) is 19.1 Å². The van der Waals surface area contributed by atoms with E-state index in [2.05, 4.69) is 21.1 Å². The highest BCUT2D eigenvalue weighted by Gasteiger charge is 2.54. The molecule has 5 rings (SSSR count). The van der Waals surface area contributed by atoms with Crippen LogP contribution in [0.1, 0.15) is 92.5 Å². The second-order valence-electron chi connectivity index (χ2n) is 17.6. The van der Waals surface area contributed by atoms with E-state index in [9.17, 15) is 50.1 Å². The van der Waals surface area contributed by atoms with Crippen molar-refractivity contribution in [3.63, 3.8) is 0 Å². The largest absolute Gasteiger partial charge is 0.748 e. The molecule has 1 fully saturated rings. The summed E-state index contributed by atoms with van der Waals surface area (Å²) in [7, 11) is 3.17. The normalized spacial score (nSPS) is 16.7. The van der Waals surface area contributed by atoms with Crippen molar-refractivity contribution in [1.29, 1.82) is 0 Å². The van der Waals surface area contributed by atoms with Gasteiger partial charge in [0.2, 0.25) is 0 Å². The van der Waals surface area contributed by atoms with Crippen LogP contribution in [0.3, 0.4) is 0 Å². The van der Waals surface area contributed by atoms with Gasteiger partial charge in [-0.15, -0.1) is 16.4 Å². The predicted molar refractivity (Wildman–Crippen MR) is 230 cm³/mol. The van der Waals surface area contributed by atoms with Crippen LogP contribution in [-0.2, 0) is 54.9 Å². The molecule has 2 amide bonds. The summed E-state index contributed by atoms with van der Waals surface area (Å²) in [4.78, 5) is 76.8. The number of esters is 1. The molecule has 2 aromatic rings. The molecule has 0 spiro atoms. The molecule has 67 heavy (non-hydrogen) atoms. The lowest BCUT2D eigenvalue weighted by Crippen LogP contribution is -3.09. The number of hydroxylamine groups is 2. The summed E-state index contributed by atoms with van der Waals surface area (Å²) >= 11 is 1.37. The summed E-state index contributed by atoms with van der Waals surface area (Å²) in [6.45, 7) is -0.652. The summed E-state index contributed by atoms with van der Waals surface area (Å²) in [5.41, 5.74) is 2.77. The Kier molecular flexibility index (Phi) is 18.5. The van der Waals surface area contributed by atoms with E-state index in [-0.39, 0.29) is 37.8 Å². The van der Waals surface area contributed by atoms with Crippen molar-refractivity contribution in [2.24, 2.45) is 0 Å². The van der Waals surface area contributed by atoms with E-state index in [0.29, 0.717) is 71.4 Å². The first-order chi connectivity index (χ1) is 31.1. The molecular formula is C42H55BF5N5O12S2. The van der Waals surface area contributed by atoms with E-state index in [1.807, 2.05) is 30.6 Å². The Morgan fingerprint density at radius 1 is 0.955 bits per heavy atom. The molecule has 1 saturated heterocycles. The van der Waals surface area contributed by atoms with Crippen LogP contribution in [0.5, 0.6) is 0 Å². The van der Waals surface area contributed by atoms with E-state index in [1.165, 1.54) is 11.3 Å². The van der Waals surface area contributed by atoms with Crippen LogP contribution in [-0.4, -0.2) is 146 Å². The number of alkyl halides is 3. The van der Waals surface area contributed by atoms with Gasteiger partial charge in [-0.25, -0.2) is 13.2 Å². The van der Waals surface area contributed by atoms with Crippen molar-refractivity contribution in [2.75, 3.05) is 53.6 Å². The van der Waals surface area contributed by atoms with Gasteiger partial charge in [0.25, 0.3) is 11.8 Å². The Morgan fingerprint density at radius 2 is 1.60 bits per heavy atom. The molecule has 3 aliphatic heterocycles. The first kappa shape index (κ1) is 54.5. The number of carbonyl (C=O) groups excluding carboxylic acids is 6. The molecule has 370 valence electrons. The van der Waals surface area contributed by atoms with Gasteiger partial charge in [0, 0.05) is 61.9 Å². The van der Waals surface area contributed by atoms with Crippen LogP contribution in [0.2, 0.25) is 0 Å². The van der Waals surface area contributed by atoms with Crippen molar-refractivity contribution < 1.29 is 92.1 Å². The third-order valence-corrected chi connectivity index (χ3v) is 12.6. The monoisotopic (exact) mass is 991 g/mol. The molecule has 0 bridgehead atoms. The Bertz CT molecular complexity index is 2380. The molecule has 2 atom stereocenters. The van der Waals surface area contributed by atoms with Gasteiger partial charge in [0.05, 0.1) is 75.0 Å². The molecule has 1 N–H and O–H groups in total. The maximum atomic E-state index is 16.9. The minimum Gasteiger partial charge on any atom is -0.748 e. The first-order valence-electron chi connectivity index (χ1n) is 21.6. The van der Waals surface area contributed by atoms with Crippen LogP contribution in [0.25, 0.3) is 6.08 Å². The number of allylic oxidation sites excluding steroid dienone is 2. The number of hydrogen-bond donors (Lipinski definition) is 1. The number of Topliss-reactive ketones (excluding diaryl/α,β-unsaturated/α-hetero) is 1. The number of quaternary nitrogens is 2. The molecule has 0 aliphatic carbocycles. The topological polar surface area (TPSA) is 217 Å². The molecular weight excluding hydrogens is 936 g/mol. The van der Waals surface area contributed by atoms with Gasteiger partial charge >= 0.3 is 25.1 Å². The van der Waals surface area contributed by atoms with Crippen LogP contribution in [0, 0.1) is 6.92 Å². The zero-order valence-corrected chi connectivity index (χ0v) is 39.5. The summed E-state index contributed by atoms with van der Waals surface area (Å²) in [5.74, 6) is -7.72. The van der Waals surface area contributed by atoms with Gasteiger partial charge in [-0.1, -0.05) is 6.07 Å². The number of aliphatic carboxylic acids is 1. The van der Waals surface area contributed by atoms with E-state index >= 15 is 8.63 Å². The van der Waals surface area contributed by atoms with Crippen molar-refractivity contribution in [3.05, 3.63) is 62.8 Å². The Labute approximate surface area is 388 Å². The van der Waals surface area contributed by atoms with Gasteiger partial charge in [-0.05, 0) is 67.8 Å². The highest BCUT2D eigenvalue weighted by molar-refractivity contribution is 7.85. The first-order valence-corrected chi connectivity index (χ1v) is 24.0. The van der Waals surface area contributed by atoms with Crippen LogP contribution >= 0.6 is 11.3 Å². The number of ether oxygens (including phenoxy) is 1. The lowest BCUT2D eigenvalue weighted by molar-refractivity contribution is -0.880. The molecule has 2 aromatic heterocycles. The zero-order chi connectivity index (χ0) is 50.1.